The van der Waals surface area contributed by atoms with Crippen molar-refractivity contribution in [1.29, 1.82) is 0 Å². The maximum absolute atomic E-state index is 12.0. The number of nitrogens with one attached hydrogen (secondary N) is 1. The summed E-state index contributed by atoms with van der Waals surface area (Å²) in [6, 6.07) is 7.13. The number of urea groups is 1. The molecule has 5 heteroatoms. The Morgan fingerprint density at radius 2 is 1.90 bits per heavy atom. The number of rotatable bonds is 7. The summed E-state index contributed by atoms with van der Waals surface area (Å²) in [5.41, 5.74) is 1.57. The van der Waals surface area contributed by atoms with Gasteiger partial charge >= 0.3 is 12.0 Å². The minimum absolute atomic E-state index is 0.0330. The molecule has 0 heterocycles. The van der Waals surface area contributed by atoms with Crippen LogP contribution in [0.1, 0.15) is 31.4 Å². The van der Waals surface area contributed by atoms with Gasteiger partial charge in [0.2, 0.25) is 0 Å². The van der Waals surface area contributed by atoms with Gasteiger partial charge in [-0.25, -0.2) is 4.79 Å². The van der Waals surface area contributed by atoms with E-state index in [1.54, 1.807) is 24.1 Å². The average Bonchev–Trinajstić information content (AvgIpc) is 2.45. The van der Waals surface area contributed by atoms with Crippen LogP contribution in [-0.2, 0) is 17.8 Å². The molecule has 2 N–H and O–H groups in total. The summed E-state index contributed by atoms with van der Waals surface area (Å²) in [4.78, 5) is 24.5. The third kappa shape index (κ3) is 5.85. The van der Waals surface area contributed by atoms with Gasteiger partial charge in [-0.2, -0.15) is 0 Å². The van der Waals surface area contributed by atoms with Crippen molar-refractivity contribution in [2.75, 3.05) is 13.6 Å². The van der Waals surface area contributed by atoms with Crippen LogP contribution in [0.2, 0.25) is 0 Å². The lowest BCUT2D eigenvalue weighted by Crippen LogP contribution is -2.39. The average molecular weight is 292 g/mol. The van der Waals surface area contributed by atoms with Crippen LogP contribution in [-0.4, -0.2) is 35.6 Å². The first-order valence-corrected chi connectivity index (χ1v) is 7.21. The molecule has 0 aromatic heterocycles. The molecule has 0 aliphatic rings. The molecule has 116 valence electrons. The van der Waals surface area contributed by atoms with Gasteiger partial charge in [-0.15, -0.1) is 0 Å². The van der Waals surface area contributed by atoms with Crippen molar-refractivity contribution in [3.8, 4) is 0 Å². The van der Waals surface area contributed by atoms with E-state index < -0.39 is 5.97 Å². The molecule has 1 aromatic rings. The van der Waals surface area contributed by atoms with Crippen LogP contribution in [0.15, 0.2) is 24.3 Å². The summed E-state index contributed by atoms with van der Waals surface area (Å²) in [5.74, 6) is -0.414. The maximum atomic E-state index is 12.0. The fraction of sp³-hybridized carbons (Fsp3) is 0.500. The largest absolute Gasteiger partial charge is 0.481 e. The molecule has 1 unspecified atom stereocenters. The van der Waals surface area contributed by atoms with Gasteiger partial charge in [-0.3, -0.25) is 4.79 Å². The van der Waals surface area contributed by atoms with E-state index in [1.807, 2.05) is 12.1 Å². The van der Waals surface area contributed by atoms with Crippen LogP contribution in [0.5, 0.6) is 0 Å². The number of carboxylic acids is 1. The van der Waals surface area contributed by atoms with E-state index in [9.17, 15) is 9.59 Å². The first kappa shape index (κ1) is 17.0. The fourth-order valence-electron chi connectivity index (χ4n) is 2.05. The van der Waals surface area contributed by atoms with Gasteiger partial charge < -0.3 is 15.3 Å². The Balaban J connectivity index is 2.58. The Morgan fingerprint density at radius 3 is 2.48 bits per heavy atom. The fourth-order valence-corrected chi connectivity index (χ4v) is 2.05. The number of carboxylic acid groups (broad SMARTS) is 1. The standard InChI is InChI=1S/C16H24N2O3/c1-4-12(2)11-18(3)16(21)17-10-14-8-6-5-7-13(14)9-15(19)20/h5-8,12H,4,9-11H2,1-3H3,(H,17,21)(H,19,20). The van der Waals surface area contributed by atoms with Crippen molar-refractivity contribution in [3.05, 3.63) is 35.4 Å². The summed E-state index contributed by atoms with van der Waals surface area (Å²) < 4.78 is 0. The molecular formula is C16H24N2O3. The van der Waals surface area contributed by atoms with Crippen LogP contribution >= 0.6 is 0 Å². The second kappa shape index (κ2) is 8.29. The Kier molecular flexibility index (Phi) is 6.72. The summed E-state index contributed by atoms with van der Waals surface area (Å²) >= 11 is 0. The predicted molar refractivity (Wildman–Crippen MR) is 82.1 cm³/mol. The maximum Gasteiger partial charge on any atom is 0.317 e. The molecule has 2 amide bonds. The molecule has 0 bridgehead atoms. The van der Waals surface area contributed by atoms with Gasteiger partial charge in [0.15, 0.2) is 0 Å². The first-order chi connectivity index (χ1) is 9.93. The van der Waals surface area contributed by atoms with Gasteiger partial charge in [-0.1, -0.05) is 44.5 Å². The number of hydrogen-bond acceptors (Lipinski definition) is 2. The van der Waals surface area contributed by atoms with Crippen molar-refractivity contribution in [2.24, 2.45) is 5.92 Å². The smallest absolute Gasteiger partial charge is 0.317 e. The number of aliphatic carboxylic acids is 1. The number of benzene rings is 1. The number of amides is 2. The molecule has 0 spiro atoms. The number of nitrogens with zero attached hydrogens (tertiary/aromatic N) is 1. The molecule has 0 radical (unpaired) electrons. The summed E-state index contributed by atoms with van der Waals surface area (Å²) in [7, 11) is 1.77. The van der Waals surface area contributed by atoms with Gasteiger partial charge in [0, 0.05) is 20.1 Å². The van der Waals surface area contributed by atoms with E-state index >= 15 is 0 Å². The molecule has 1 atom stereocenters. The minimum Gasteiger partial charge on any atom is -0.481 e. The van der Waals surface area contributed by atoms with Gasteiger partial charge in [0.05, 0.1) is 6.42 Å². The third-order valence-corrected chi connectivity index (χ3v) is 3.52. The summed E-state index contributed by atoms with van der Waals surface area (Å²) in [6.07, 6.45) is 0.994. The van der Waals surface area contributed by atoms with Crippen molar-refractivity contribution >= 4 is 12.0 Å². The molecular weight excluding hydrogens is 268 g/mol. The zero-order chi connectivity index (χ0) is 15.8. The topological polar surface area (TPSA) is 69.6 Å². The SMILES string of the molecule is CCC(C)CN(C)C(=O)NCc1ccccc1CC(=O)O. The molecule has 0 aliphatic heterocycles. The second-order valence-corrected chi connectivity index (χ2v) is 5.39. The number of carbonyl (C=O) groups excluding carboxylic acids is 1. The normalized spacial score (nSPS) is 11.8. The van der Waals surface area contributed by atoms with Crippen molar-refractivity contribution in [2.45, 2.75) is 33.2 Å². The molecule has 0 saturated heterocycles. The third-order valence-electron chi connectivity index (χ3n) is 3.52. The van der Waals surface area contributed by atoms with Crippen LogP contribution in [0.4, 0.5) is 4.79 Å². The Morgan fingerprint density at radius 1 is 1.29 bits per heavy atom. The van der Waals surface area contributed by atoms with Crippen molar-refractivity contribution in [3.63, 3.8) is 0 Å². The summed E-state index contributed by atoms with van der Waals surface area (Å²) in [5, 5.41) is 11.7. The molecule has 21 heavy (non-hydrogen) atoms. The molecule has 1 aromatic carbocycles. The van der Waals surface area contributed by atoms with E-state index in [2.05, 4.69) is 19.2 Å². The van der Waals surface area contributed by atoms with Crippen LogP contribution in [0, 0.1) is 5.92 Å². The van der Waals surface area contributed by atoms with Gasteiger partial charge in [0.1, 0.15) is 0 Å². The quantitative estimate of drug-likeness (QED) is 0.811. The molecule has 1 rings (SSSR count). The van der Waals surface area contributed by atoms with E-state index in [0.717, 1.165) is 17.5 Å². The van der Waals surface area contributed by atoms with Crippen LogP contribution in [0.3, 0.4) is 0 Å². The Hall–Kier alpha value is -2.04. The lowest BCUT2D eigenvalue weighted by Gasteiger charge is -2.21. The van der Waals surface area contributed by atoms with Crippen molar-refractivity contribution in [1.82, 2.24) is 10.2 Å². The van der Waals surface area contributed by atoms with Crippen LogP contribution < -0.4 is 5.32 Å². The second-order valence-electron chi connectivity index (χ2n) is 5.39. The monoisotopic (exact) mass is 292 g/mol. The van der Waals surface area contributed by atoms with Crippen molar-refractivity contribution < 1.29 is 14.7 Å². The summed E-state index contributed by atoms with van der Waals surface area (Å²) in [6.45, 7) is 5.25. The highest BCUT2D eigenvalue weighted by atomic mass is 16.4. The molecule has 0 fully saturated rings. The molecule has 0 aliphatic carbocycles. The number of hydrogen-bond donors (Lipinski definition) is 2. The highest BCUT2D eigenvalue weighted by Crippen LogP contribution is 2.10. The zero-order valence-electron chi connectivity index (χ0n) is 12.9. The van der Waals surface area contributed by atoms with E-state index in [0.29, 0.717) is 19.0 Å². The molecule has 0 saturated carbocycles. The first-order valence-electron chi connectivity index (χ1n) is 7.21. The van der Waals surface area contributed by atoms with E-state index in [-0.39, 0.29) is 12.5 Å². The minimum atomic E-state index is -0.873. The highest BCUT2D eigenvalue weighted by molar-refractivity contribution is 5.74. The van der Waals surface area contributed by atoms with E-state index in [1.165, 1.54) is 0 Å². The van der Waals surface area contributed by atoms with Crippen LogP contribution in [0.25, 0.3) is 0 Å². The lowest BCUT2D eigenvalue weighted by atomic mass is 10.0. The zero-order valence-corrected chi connectivity index (χ0v) is 12.9. The van der Waals surface area contributed by atoms with Gasteiger partial charge in [0.25, 0.3) is 0 Å². The predicted octanol–water partition coefficient (Wildman–Crippen LogP) is 2.50. The van der Waals surface area contributed by atoms with Gasteiger partial charge in [-0.05, 0) is 17.0 Å². The van der Waals surface area contributed by atoms with E-state index in [4.69, 9.17) is 5.11 Å². The Labute approximate surface area is 126 Å². The number of carbonyl (C=O) groups is 2. The lowest BCUT2D eigenvalue weighted by molar-refractivity contribution is -0.136. The molecule has 5 nitrogen and oxygen atoms in total. The highest BCUT2D eigenvalue weighted by Gasteiger charge is 2.12. The Bertz CT molecular complexity index is 488.